The Hall–Kier alpha value is -2.03. The predicted octanol–water partition coefficient (Wildman–Crippen LogP) is 2.79. The molecule has 0 aliphatic heterocycles. The lowest BCUT2D eigenvalue weighted by Gasteiger charge is -2.08. The van der Waals surface area contributed by atoms with Crippen molar-refractivity contribution in [3.63, 3.8) is 0 Å². The smallest absolute Gasteiger partial charge is 0.307 e. The SMILES string of the molecule is Cc1cc(C)c2c(O)cc(CC(=O)O)cc2c1. The van der Waals surface area contributed by atoms with Crippen molar-refractivity contribution in [2.24, 2.45) is 0 Å². The first kappa shape index (κ1) is 11.5. The lowest BCUT2D eigenvalue weighted by Crippen LogP contribution is -2.00. The van der Waals surface area contributed by atoms with Crippen LogP contribution in [0.1, 0.15) is 16.7 Å². The van der Waals surface area contributed by atoms with E-state index in [1.165, 1.54) is 6.07 Å². The highest BCUT2D eigenvalue weighted by Crippen LogP contribution is 2.30. The Kier molecular flexibility index (Phi) is 2.76. The van der Waals surface area contributed by atoms with Gasteiger partial charge in [-0.05, 0) is 36.4 Å². The van der Waals surface area contributed by atoms with E-state index in [2.05, 4.69) is 0 Å². The maximum atomic E-state index is 10.7. The number of hydrogen-bond acceptors (Lipinski definition) is 2. The zero-order valence-corrected chi connectivity index (χ0v) is 9.82. The minimum absolute atomic E-state index is 0.0729. The lowest BCUT2D eigenvalue weighted by molar-refractivity contribution is -0.136. The number of benzene rings is 2. The van der Waals surface area contributed by atoms with E-state index in [0.717, 1.165) is 21.9 Å². The van der Waals surface area contributed by atoms with E-state index >= 15 is 0 Å². The standard InChI is InChI=1S/C14H14O3/c1-8-3-9(2)14-11(4-8)5-10(6-12(14)15)7-13(16)17/h3-6,15H,7H2,1-2H3,(H,16,17). The van der Waals surface area contributed by atoms with Crippen LogP contribution in [0, 0.1) is 13.8 Å². The number of carboxylic acids is 1. The van der Waals surface area contributed by atoms with Crippen molar-refractivity contribution in [2.75, 3.05) is 0 Å². The highest BCUT2D eigenvalue weighted by atomic mass is 16.4. The Morgan fingerprint density at radius 1 is 1.18 bits per heavy atom. The fourth-order valence-electron chi connectivity index (χ4n) is 2.23. The molecule has 0 saturated heterocycles. The summed E-state index contributed by atoms with van der Waals surface area (Å²) in [6.45, 7) is 3.92. The molecule has 3 nitrogen and oxygen atoms in total. The number of carboxylic acid groups (broad SMARTS) is 1. The summed E-state index contributed by atoms with van der Waals surface area (Å²) >= 11 is 0. The summed E-state index contributed by atoms with van der Waals surface area (Å²) in [5.74, 6) is -0.746. The number of phenolic OH excluding ortho intramolecular Hbond substituents is 1. The van der Waals surface area contributed by atoms with Gasteiger partial charge in [0.2, 0.25) is 0 Å². The van der Waals surface area contributed by atoms with Crippen molar-refractivity contribution < 1.29 is 15.0 Å². The van der Waals surface area contributed by atoms with Gasteiger partial charge in [0.25, 0.3) is 0 Å². The molecular weight excluding hydrogens is 216 g/mol. The van der Waals surface area contributed by atoms with E-state index in [-0.39, 0.29) is 12.2 Å². The third-order valence-electron chi connectivity index (χ3n) is 2.78. The third kappa shape index (κ3) is 2.23. The van der Waals surface area contributed by atoms with Crippen LogP contribution in [0.3, 0.4) is 0 Å². The minimum Gasteiger partial charge on any atom is -0.507 e. The van der Waals surface area contributed by atoms with Gasteiger partial charge in [-0.1, -0.05) is 23.8 Å². The molecule has 0 aromatic heterocycles. The van der Waals surface area contributed by atoms with Crippen molar-refractivity contribution in [1.82, 2.24) is 0 Å². The first-order valence-corrected chi connectivity index (χ1v) is 5.42. The Balaban J connectivity index is 2.68. The van der Waals surface area contributed by atoms with Gasteiger partial charge in [-0.15, -0.1) is 0 Å². The highest BCUT2D eigenvalue weighted by Gasteiger charge is 2.08. The van der Waals surface area contributed by atoms with Crippen molar-refractivity contribution in [2.45, 2.75) is 20.3 Å². The van der Waals surface area contributed by atoms with Gasteiger partial charge < -0.3 is 10.2 Å². The van der Waals surface area contributed by atoms with Gasteiger partial charge in [0.15, 0.2) is 0 Å². The van der Waals surface area contributed by atoms with E-state index < -0.39 is 5.97 Å². The van der Waals surface area contributed by atoms with Crippen molar-refractivity contribution in [3.05, 3.63) is 41.0 Å². The monoisotopic (exact) mass is 230 g/mol. The Bertz CT molecular complexity index is 600. The zero-order chi connectivity index (χ0) is 12.6. The summed E-state index contributed by atoms with van der Waals surface area (Å²) in [4.78, 5) is 10.7. The molecule has 0 heterocycles. The molecule has 17 heavy (non-hydrogen) atoms. The normalized spacial score (nSPS) is 10.7. The maximum Gasteiger partial charge on any atom is 0.307 e. The second-order valence-electron chi connectivity index (χ2n) is 4.37. The van der Waals surface area contributed by atoms with Gasteiger partial charge >= 0.3 is 5.97 Å². The molecule has 0 atom stereocenters. The predicted molar refractivity (Wildman–Crippen MR) is 66.4 cm³/mol. The van der Waals surface area contributed by atoms with Gasteiger partial charge in [0, 0.05) is 5.39 Å². The van der Waals surface area contributed by atoms with E-state index in [1.54, 1.807) is 0 Å². The number of aryl methyl sites for hydroxylation is 2. The lowest BCUT2D eigenvalue weighted by atomic mass is 9.98. The summed E-state index contributed by atoms with van der Waals surface area (Å²) in [5, 5.41) is 20.4. The molecule has 2 rings (SSSR count). The fraction of sp³-hybridized carbons (Fsp3) is 0.214. The van der Waals surface area contributed by atoms with Crippen LogP contribution in [-0.4, -0.2) is 16.2 Å². The van der Waals surface area contributed by atoms with Crippen molar-refractivity contribution in [3.8, 4) is 5.75 Å². The number of aliphatic carboxylic acids is 1. The zero-order valence-electron chi connectivity index (χ0n) is 9.82. The van der Waals surface area contributed by atoms with Crippen LogP contribution in [0.15, 0.2) is 24.3 Å². The molecule has 0 amide bonds. The average molecular weight is 230 g/mol. The first-order chi connectivity index (χ1) is 7.97. The molecular formula is C14H14O3. The number of rotatable bonds is 2. The Labute approximate surface area is 99.3 Å². The molecule has 0 radical (unpaired) electrons. The fourth-order valence-corrected chi connectivity index (χ4v) is 2.23. The van der Waals surface area contributed by atoms with Gasteiger partial charge in [0.1, 0.15) is 5.75 Å². The molecule has 2 aromatic carbocycles. The van der Waals surface area contributed by atoms with E-state index in [4.69, 9.17) is 5.11 Å². The summed E-state index contributed by atoms with van der Waals surface area (Å²) in [7, 11) is 0. The number of carbonyl (C=O) groups is 1. The van der Waals surface area contributed by atoms with Crippen molar-refractivity contribution >= 4 is 16.7 Å². The van der Waals surface area contributed by atoms with E-state index in [9.17, 15) is 9.90 Å². The molecule has 0 aliphatic rings. The van der Waals surface area contributed by atoms with Crippen LogP contribution in [0.5, 0.6) is 5.75 Å². The molecule has 2 aromatic rings. The maximum absolute atomic E-state index is 10.7. The highest BCUT2D eigenvalue weighted by molar-refractivity contribution is 5.92. The third-order valence-corrected chi connectivity index (χ3v) is 2.78. The van der Waals surface area contributed by atoms with Crippen LogP contribution < -0.4 is 0 Å². The van der Waals surface area contributed by atoms with E-state index in [1.807, 2.05) is 32.0 Å². The van der Waals surface area contributed by atoms with Crippen LogP contribution in [0.2, 0.25) is 0 Å². The Morgan fingerprint density at radius 3 is 2.53 bits per heavy atom. The molecule has 0 aliphatic carbocycles. The molecule has 88 valence electrons. The topological polar surface area (TPSA) is 57.5 Å². The molecule has 0 unspecified atom stereocenters. The summed E-state index contributed by atoms with van der Waals surface area (Å²) in [6, 6.07) is 7.30. The summed E-state index contributed by atoms with van der Waals surface area (Å²) in [6.07, 6.45) is -0.0729. The van der Waals surface area contributed by atoms with Gasteiger partial charge in [-0.2, -0.15) is 0 Å². The average Bonchev–Trinajstić information content (AvgIpc) is 2.13. The molecule has 0 saturated carbocycles. The van der Waals surface area contributed by atoms with Crippen LogP contribution in [0.4, 0.5) is 0 Å². The number of fused-ring (bicyclic) bond motifs is 1. The summed E-state index contributed by atoms with van der Waals surface area (Å²) in [5.41, 5.74) is 2.72. The largest absolute Gasteiger partial charge is 0.507 e. The molecule has 2 N–H and O–H groups in total. The number of hydrogen-bond donors (Lipinski definition) is 2. The van der Waals surface area contributed by atoms with Crippen LogP contribution in [-0.2, 0) is 11.2 Å². The van der Waals surface area contributed by atoms with E-state index in [0.29, 0.717) is 5.56 Å². The van der Waals surface area contributed by atoms with Crippen molar-refractivity contribution in [1.29, 1.82) is 0 Å². The van der Waals surface area contributed by atoms with Crippen LogP contribution in [0.25, 0.3) is 10.8 Å². The summed E-state index contributed by atoms with van der Waals surface area (Å²) < 4.78 is 0. The number of phenols is 1. The van der Waals surface area contributed by atoms with Crippen LogP contribution >= 0.6 is 0 Å². The molecule has 0 spiro atoms. The number of aromatic hydroxyl groups is 1. The second-order valence-corrected chi connectivity index (χ2v) is 4.37. The quantitative estimate of drug-likeness (QED) is 0.834. The second kappa shape index (κ2) is 4.09. The minimum atomic E-state index is -0.895. The Morgan fingerprint density at radius 2 is 1.88 bits per heavy atom. The molecule has 3 heteroatoms. The van der Waals surface area contributed by atoms with Gasteiger partial charge in [0.05, 0.1) is 6.42 Å². The molecule has 0 fully saturated rings. The molecule has 0 bridgehead atoms. The first-order valence-electron chi connectivity index (χ1n) is 5.42. The van der Waals surface area contributed by atoms with Gasteiger partial charge in [-0.3, -0.25) is 4.79 Å². The van der Waals surface area contributed by atoms with Gasteiger partial charge in [-0.25, -0.2) is 0 Å².